The summed E-state index contributed by atoms with van der Waals surface area (Å²) in [7, 11) is 0. The Bertz CT molecular complexity index is 76.8. The van der Waals surface area contributed by atoms with Crippen molar-refractivity contribution in [2.45, 2.75) is 6.10 Å². The number of β-amino-alcohol motifs (C(OH)–C–C–N with tert-alkyl or cyclic N) is 1. The van der Waals surface area contributed by atoms with Crippen LogP contribution < -0.4 is 5.32 Å². The van der Waals surface area contributed by atoms with Crippen molar-refractivity contribution >= 4 is 0 Å². The molecule has 3 nitrogen and oxygen atoms in total. The Kier molecular flexibility index (Phi) is 1.83. The maximum atomic E-state index is 8.97. The second-order valence-corrected chi connectivity index (χ2v) is 2.17. The van der Waals surface area contributed by atoms with Crippen LogP contribution in [-0.2, 0) is 0 Å². The van der Waals surface area contributed by atoms with Gasteiger partial charge in [-0.25, -0.2) is 0 Å². The van der Waals surface area contributed by atoms with E-state index in [0.717, 1.165) is 6.54 Å². The Balaban J connectivity index is 2.30. The molecule has 1 aliphatic heterocycles. The zero-order valence-corrected chi connectivity index (χ0v) is 4.67. The van der Waals surface area contributed by atoms with E-state index in [4.69, 9.17) is 10.2 Å². The normalized spacial score (nSPS) is 38.2. The van der Waals surface area contributed by atoms with Gasteiger partial charge in [-0.3, -0.25) is 0 Å². The molecule has 8 heavy (non-hydrogen) atoms. The first-order chi connectivity index (χ1) is 3.84. The minimum atomic E-state index is -0.333. The number of nitrogens with one attached hydrogen (secondary N) is 1. The van der Waals surface area contributed by atoms with Gasteiger partial charge in [-0.15, -0.1) is 0 Å². The van der Waals surface area contributed by atoms with Crippen molar-refractivity contribution in [3.8, 4) is 0 Å². The summed E-state index contributed by atoms with van der Waals surface area (Å²) < 4.78 is 0. The quantitative estimate of drug-likeness (QED) is 0.394. The number of aliphatic hydroxyl groups excluding tert-OH is 2. The van der Waals surface area contributed by atoms with E-state index in [1.807, 2.05) is 0 Å². The van der Waals surface area contributed by atoms with Crippen LogP contribution in [0.4, 0.5) is 0 Å². The molecule has 1 rings (SSSR count). The third kappa shape index (κ3) is 0.992. The van der Waals surface area contributed by atoms with Gasteiger partial charge in [0.2, 0.25) is 0 Å². The lowest BCUT2D eigenvalue weighted by atomic mass is 10.1. The number of hydrogen-bond acceptors (Lipinski definition) is 3. The molecular formula is C5H11NO2. The van der Waals surface area contributed by atoms with Crippen LogP contribution in [0.1, 0.15) is 0 Å². The summed E-state index contributed by atoms with van der Waals surface area (Å²) in [5.74, 6) is 0.0648. The third-order valence-electron chi connectivity index (χ3n) is 1.54. The van der Waals surface area contributed by atoms with E-state index in [0.29, 0.717) is 6.54 Å². The SMILES string of the molecule is OC[C@@H]1CNC[C@@H]1O. The van der Waals surface area contributed by atoms with Gasteiger partial charge < -0.3 is 15.5 Å². The molecule has 0 bridgehead atoms. The van der Waals surface area contributed by atoms with Crippen LogP contribution in [0.25, 0.3) is 0 Å². The summed E-state index contributed by atoms with van der Waals surface area (Å²) in [6.45, 7) is 1.47. The molecule has 0 saturated carbocycles. The molecule has 1 saturated heterocycles. The summed E-state index contributed by atoms with van der Waals surface area (Å²) >= 11 is 0. The topological polar surface area (TPSA) is 52.5 Å². The molecule has 0 aliphatic carbocycles. The van der Waals surface area contributed by atoms with Gasteiger partial charge in [0.05, 0.1) is 6.10 Å². The minimum absolute atomic E-state index is 0.0648. The summed E-state index contributed by atoms with van der Waals surface area (Å²) in [6.07, 6.45) is -0.333. The standard InChI is InChI=1S/C5H11NO2/c7-3-4-1-6-2-5(4)8/h4-8H,1-3H2/t4-,5-/m0/s1. The molecule has 0 unspecified atom stereocenters. The molecule has 1 aliphatic rings. The van der Waals surface area contributed by atoms with Crippen LogP contribution in [0.3, 0.4) is 0 Å². The lowest BCUT2D eigenvalue weighted by Crippen LogP contribution is -2.20. The van der Waals surface area contributed by atoms with E-state index in [1.165, 1.54) is 0 Å². The highest BCUT2D eigenvalue weighted by Crippen LogP contribution is 2.05. The molecule has 3 N–H and O–H groups in total. The highest BCUT2D eigenvalue weighted by Gasteiger charge is 2.23. The van der Waals surface area contributed by atoms with Crippen LogP contribution in [0.15, 0.2) is 0 Å². The molecule has 0 aromatic rings. The zero-order valence-electron chi connectivity index (χ0n) is 4.67. The molecule has 2 atom stereocenters. The molecule has 1 fully saturated rings. The molecule has 1 heterocycles. The van der Waals surface area contributed by atoms with Crippen LogP contribution in [0.2, 0.25) is 0 Å². The number of aliphatic hydroxyl groups is 2. The van der Waals surface area contributed by atoms with Gasteiger partial charge in [-0.05, 0) is 0 Å². The van der Waals surface area contributed by atoms with E-state index < -0.39 is 0 Å². The van der Waals surface area contributed by atoms with Crippen molar-refractivity contribution in [1.82, 2.24) is 5.32 Å². The monoisotopic (exact) mass is 117 g/mol. The van der Waals surface area contributed by atoms with Crippen molar-refractivity contribution in [2.24, 2.45) is 5.92 Å². The minimum Gasteiger partial charge on any atom is -0.396 e. The third-order valence-corrected chi connectivity index (χ3v) is 1.54. The fourth-order valence-electron chi connectivity index (χ4n) is 0.906. The van der Waals surface area contributed by atoms with E-state index >= 15 is 0 Å². The van der Waals surface area contributed by atoms with E-state index in [2.05, 4.69) is 5.32 Å². The van der Waals surface area contributed by atoms with E-state index in [-0.39, 0.29) is 18.6 Å². The Morgan fingerprint density at radius 1 is 1.50 bits per heavy atom. The van der Waals surface area contributed by atoms with Crippen LogP contribution in [0.5, 0.6) is 0 Å². The van der Waals surface area contributed by atoms with Gasteiger partial charge in [0.25, 0.3) is 0 Å². The number of hydrogen-bond donors (Lipinski definition) is 3. The smallest absolute Gasteiger partial charge is 0.0726 e. The molecule has 48 valence electrons. The molecule has 0 radical (unpaired) electrons. The Morgan fingerprint density at radius 2 is 2.25 bits per heavy atom. The molecular weight excluding hydrogens is 106 g/mol. The Morgan fingerprint density at radius 3 is 2.50 bits per heavy atom. The molecule has 3 heteroatoms. The highest BCUT2D eigenvalue weighted by molar-refractivity contribution is 4.79. The second-order valence-electron chi connectivity index (χ2n) is 2.17. The van der Waals surface area contributed by atoms with Crippen LogP contribution in [0, 0.1) is 5.92 Å². The Hall–Kier alpha value is -0.120. The predicted molar refractivity (Wildman–Crippen MR) is 29.5 cm³/mol. The van der Waals surface area contributed by atoms with Gasteiger partial charge in [-0.2, -0.15) is 0 Å². The molecule has 0 spiro atoms. The molecule has 0 aromatic heterocycles. The average Bonchev–Trinajstić information content (AvgIpc) is 2.14. The Labute approximate surface area is 48.3 Å². The summed E-state index contributed by atoms with van der Waals surface area (Å²) in [4.78, 5) is 0. The maximum Gasteiger partial charge on any atom is 0.0726 e. The van der Waals surface area contributed by atoms with Gasteiger partial charge in [0, 0.05) is 25.6 Å². The van der Waals surface area contributed by atoms with Crippen molar-refractivity contribution in [3.05, 3.63) is 0 Å². The lowest BCUT2D eigenvalue weighted by molar-refractivity contribution is 0.104. The van der Waals surface area contributed by atoms with Crippen LogP contribution >= 0.6 is 0 Å². The van der Waals surface area contributed by atoms with Gasteiger partial charge in [0.1, 0.15) is 0 Å². The zero-order chi connectivity index (χ0) is 5.98. The first kappa shape index (κ1) is 6.01. The largest absolute Gasteiger partial charge is 0.396 e. The van der Waals surface area contributed by atoms with Crippen LogP contribution in [-0.4, -0.2) is 36.0 Å². The lowest BCUT2D eigenvalue weighted by Gasteiger charge is -2.06. The summed E-state index contributed by atoms with van der Waals surface area (Å²) in [5, 5.41) is 20.5. The first-order valence-corrected chi connectivity index (χ1v) is 2.84. The highest BCUT2D eigenvalue weighted by atomic mass is 16.3. The van der Waals surface area contributed by atoms with Gasteiger partial charge >= 0.3 is 0 Å². The first-order valence-electron chi connectivity index (χ1n) is 2.84. The summed E-state index contributed by atoms with van der Waals surface area (Å²) in [5.41, 5.74) is 0. The fraction of sp³-hybridized carbons (Fsp3) is 1.00. The predicted octanol–water partition coefficient (Wildman–Crippen LogP) is -1.44. The second kappa shape index (κ2) is 2.44. The van der Waals surface area contributed by atoms with Crippen molar-refractivity contribution in [1.29, 1.82) is 0 Å². The molecule has 0 amide bonds. The fourth-order valence-corrected chi connectivity index (χ4v) is 0.906. The summed E-state index contributed by atoms with van der Waals surface area (Å²) in [6, 6.07) is 0. The van der Waals surface area contributed by atoms with Crippen molar-refractivity contribution in [3.63, 3.8) is 0 Å². The van der Waals surface area contributed by atoms with E-state index in [9.17, 15) is 0 Å². The van der Waals surface area contributed by atoms with Crippen molar-refractivity contribution < 1.29 is 10.2 Å². The van der Waals surface area contributed by atoms with E-state index in [1.54, 1.807) is 0 Å². The molecule has 0 aromatic carbocycles. The maximum absolute atomic E-state index is 8.97. The average molecular weight is 117 g/mol. The number of rotatable bonds is 1. The van der Waals surface area contributed by atoms with Crippen molar-refractivity contribution in [2.75, 3.05) is 19.7 Å². The van der Waals surface area contributed by atoms with Gasteiger partial charge in [0.15, 0.2) is 0 Å². The van der Waals surface area contributed by atoms with Gasteiger partial charge in [-0.1, -0.05) is 0 Å².